The fourth-order valence-corrected chi connectivity index (χ4v) is 9.55. The van der Waals surface area contributed by atoms with Crippen molar-refractivity contribution < 1.29 is 0 Å². The number of anilines is 6. The average molecular weight is 819 g/mol. The van der Waals surface area contributed by atoms with Gasteiger partial charge in [0.1, 0.15) is 0 Å². The molecule has 10 aromatic carbocycles. The fraction of sp³-hybridized carbons (Fsp3) is 0. The zero-order valence-corrected chi connectivity index (χ0v) is 35.0. The summed E-state index contributed by atoms with van der Waals surface area (Å²) in [5, 5.41) is 4.94. The summed E-state index contributed by atoms with van der Waals surface area (Å²) in [6.45, 7) is 0. The number of aromatic nitrogens is 2. The van der Waals surface area contributed by atoms with E-state index in [9.17, 15) is 0 Å². The molecule has 2 heterocycles. The number of fused-ring (bicyclic) bond motifs is 6. The van der Waals surface area contributed by atoms with Crippen molar-refractivity contribution in [3.05, 3.63) is 255 Å². The van der Waals surface area contributed by atoms with Crippen LogP contribution in [0.2, 0.25) is 0 Å². The Kier molecular flexibility index (Phi) is 9.12. The van der Waals surface area contributed by atoms with Crippen LogP contribution < -0.4 is 9.80 Å². The minimum absolute atomic E-state index is 1.07. The molecule has 64 heavy (non-hydrogen) atoms. The molecule has 0 bridgehead atoms. The lowest BCUT2D eigenvalue weighted by Crippen LogP contribution is -2.12. The van der Waals surface area contributed by atoms with Gasteiger partial charge in [0.05, 0.1) is 22.1 Å². The molecule has 0 atom stereocenters. The molecule has 0 aliphatic heterocycles. The molecule has 12 rings (SSSR count). The maximum atomic E-state index is 2.43. The maximum absolute atomic E-state index is 2.43. The van der Waals surface area contributed by atoms with E-state index in [1.54, 1.807) is 0 Å². The van der Waals surface area contributed by atoms with Crippen LogP contribution in [0.5, 0.6) is 0 Å². The number of rotatable bonds is 9. The second-order valence-corrected chi connectivity index (χ2v) is 16.2. The first-order valence-electron chi connectivity index (χ1n) is 21.8. The monoisotopic (exact) mass is 818 g/mol. The van der Waals surface area contributed by atoms with E-state index in [-0.39, 0.29) is 0 Å². The fourth-order valence-electron chi connectivity index (χ4n) is 9.55. The van der Waals surface area contributed by atoms with E-state index >= 15 is 0 Å². The summed E-state index contributed by atoms with van der Waals surface area (Å²) < 4.78 is 4.83. The molecular weight excluding hydrogens is 777 g/mol. The topological polar surface area (TPSA) is 16.3 Å². The zero-order chi connectivity index (χ0) is 42.4. The Morgan fingerprint density at radius 1 is 0.219 bits per heavy atom. The lowest BCUT2D eigenvalue weighted by Gasteiger charge is -2.28. The summed E-state index contributed by atoms with van der Waals surface area (Å²) in [6, 6.07) is 91.6. The molecule has 0 amide bonds. The van der Waals surface area contributed by atoms with Crippen LogP contribution in [0.25, 0.3) is 66.1 Å². The van der Waals surface area contributed by atoms with Gasteiger partial charge in [0, 0.05) is 67.0 Å². The predicted octanol–water partition coefficient (Wildman–Crippen LogP) is 16.5. The molecular formula is C60H42N4. The molecule has 4 nitrogen and oxygen atoms in total. The number of hydrogen-bond acceptors (Lipinski definition) is 2. The van der Waals surface area contributed by atoms with Gasteiger partial charge >= 0.3 is 0 Å². The Balaban J connectivity index is 0.987. The first-order chi connectivity index (χ1) is 31.8. The first kappa shape index (κ1) is 37.2. The standard InChI is InChI=1S/C60H42N4/c1-5-17-43(18-6-1)44-29-31-48(32-30-44)62(50-35-33-49(34-36-50)61(45-19-7-2-8-20-45)46-21-9-3-10-22-46)51-37-39-52(40-38-51)64-58-28-16-14-26-54(58)56-41-59-55(42-60(56)64)53-25-13-15-27-57(53)63(59)47-23-11-4-12-24-47/h1-42H. The summed E-state index contributed by atoms with van der Waals surface area (Å²) in [5.41, 5.74) is 15.9. The maximum Gasteiger partial charge on any atom is 0.0548 e. The third-order valence-corrected chi connectivity index (χ3v) is 12.5. The van der Waals surface area contributed by atoms with Crippen LogP contribution in [0.15, 0.2) is 255 Å². The van der Waals surface area contributed by atoms with E-state index in [1.165, 1.54) is 54.7 Å². The molecule has 2 aromatic heterocycles. The molecule has 4 heteroatoms. The average Bonchev–Trinajstić information content (AvgIpc) is 3.87. The molecule has 12 aromatic rings. The minimum Gasteiger partial charge on any atom is -0.311 e. The summed E-state index contributed by atoms with van der Waals surface area (Å²) >= 11 is 0. The molecule has 0 saturated carbocycles. The Morgan fingerprint density at radius 3 is 0.984 bits per heavy atom. The molecule has 0 spiro atoms. The van der Waals surface area contributed by atoms with Gasteiger partial charge in [0.25, 0.3) is 0 Å². The van der Waals surface area contributed by atoms with Crippen molar-refractivity contribution in [2.45, 2.75) is 0 Å². The zero-order valence-electron chi connectivity index (χ0n) is 35.0. The number of nitrogens with zero attached hydrogens (tertiary/aromatic N) is 4. The quantitative estimate of drug-likeness (QED) is 0.144. The van der Waals surface area contributed by atoms with Crippen molar-refractivity contribution in [2.24, 2.45) is 0 Å². The normalized spacial score (nSPS) is 11.4. The van der Waals surface area contributed by atoms with Crippen LogP contribution in [-0.2, 0) is 0 Å². The van der Waals surface area contributed by atoms with Gasteiger partial charge in [0.15, 0.2) is 0 Å². The van der Waals surface area contributed by atoms with Gasteiger partial charge in [-0.3, -0.25) is 0 Å². The minimum atomic E-state index is 1.07. The van der Waals surface area contributed by atoms with E-state index in [0.29, 0.717) is 0 Å². The van der Waals surface area contributed by atoms with Gasteiger partial charge in [-0.15, -0.1) is 0 Å². The van der Waals surface area contributed by atoms with Gasteiger partial charge in [-0.2, -0.15) is 0 Å². The summed E-state index contributed by atoms with van der Waals surface area (Å²) in [4.78, 5) is 4.65. The van der Waals surface area contributed by atoms with Crippen molar-refractivity contribution in [1.29, 1.82) is 0 Å². The van der Waals surface area contributed by atoms with Gasteiger partial charge < -0.3 is 18.9 Å². The molecule has 0 saturated heterocycles. The Hall–Kier alpha value is -8.60. The summed E-state index contributed by atoms with van der Waals surface area (Å²) in [5.74, 6) is 0. The SMILES string of the molecule is c1ccc(-c2ccc(N(c3ccc(N(c4ccccc4)c4ccccc4)cc3)c3ccc(-n4c5ccccc5c5cc6c(cc54)c4ccccc4n6-c4ccccc4)cc3)cc2)cc1. The molecule has 302 valence electrons. The second kappa shape index (κ2) is 15.7. The highest BCUT2D eigenvalue weighted by molar-refractivity contribution is 6.19. The number of benzene rings is 10. The smallest absolute Gasteiger partial charge is 0.0548 e. The third kappa shape index (κ3) is 6.40. The van der Waals surface area contributed by atoms with E-state index in [2.05, 4.69) is 274 Å². The van der Waals surface area contributed by atoms with E-state index in [4.69, 9.17) is 0 Å². The van der Waals surface area contributed by atoms with Gasteiger partial charge in [-0.1, -0.05) is 133 Å². The second-order valence-electron chi connectivity index (χ2n) is 16.2. The highest BCUT2D eigenvalue weighted by atomic mass is 15.2. The van der Waals surface area contributed by atoms with Crippen molar-refractivity contribution in [3.8, 4) is 22.5 Å². The molecule has 0 aliphatic carbocycles. The van der Waals surface area contributed by atoms with Gasteiger partial charge in [-0.05, 0) is 132 Å². The number of para-hydroxylation sites is 5. The predicted molar refractivity (Wildman–Crippen MR) is 270 cm³/mol. The van der Waals surface area contributed by atoms with Crippen LogP contribution in [0.4, 0.5) is 34.1 Å². The van der Waals surface area contributed by atoms with Crippen LogP contribution in [0, 0.1) is 0 Å². The van der Waals surface area contributed by atoms with Crippen molar-refractivity contribution in [3.63, 3.8) is 0 Å². The highest BCUT2D eigenvalue weighted by Gasteiger charge is 2.20. The molecule has 0 aliphatic rings. The van der Waals surface area contributed by atoms with Crippen molar-refractivity contribution in [1.82, 2.24) is 9.13 Å². The number of hydrogen-bond donors (Lipinski definition) is 0. The van der Waals surface area contributed by atoms with E-state index < -0.39 is 0 Å². The highest BCUT2D eigenvalue weighted by Crippen LogP contribution is 2.42. The third-order valence-electron chi connectivity index (χ3n) is 12.5. The molecule has 0 radical (unpaired) electrons. The van der Waals surface area contributed by atoms with Crippen molar-refractivity contribution in [2.75, 3.05) is 9.80 Å². The Bertz CT molecular complexity index is 3520. The van der Waals surface area contributed by atoms with E-state index in [1.807, 2.05) is 0 Å². The molecule has 0 unspecified atom stereocenters. The Morgan fingerprint density at radius 2 is 0.531 bits per heavy atom. The van der Waals surface area contributed by atoms with Crippen LogP contribution in [0.3, 0.4) is 0 Å². The van der Waals surface area contributed by atoms with Crippen molar-refractivity contribution >= 4 is 77.7 Å². The molecule has 0 fully saturated rings. The summed E-state index contributed by atoms with van der Waals surface area (Å²) in [7, 11) is 0. The van der Waals surface area contributed by atoms with Gasteiger partial charge in [-0.25, -0.2) is 0 Å². The van der Waals surface area contributed by atoms with E-state index in [0.717, 1.165) is 45.5 Å². The van der Waals surface area contributed by atoms with Gasteiger partial charge in [0.2, 0.25) is 0 Å². The lowest BCUT2D eigenvalue weighted by molar-refractivity contribution is 1.17. The Labute approximate surface area is 372 Å². The first-order valence-corrected chi connectivity index (χ1v) is 21.8. The van der Waals surface area contributed by atoms with Crippen LogP contribution in [-0.4, -0.2) is 9.13 Å². The summed E-state index contributed by atoms with van der Waals surface area (Å²) in [6.07, 6.45) is 0. The molecule has 0 N–H and O–H groups in total. The van der Waals surface area contributed by atoms with Crippen LogP contribution in [0.1, 0.15) is 0 Å². The van der Waals surface area contributed by atoms with Crippen LogP contribution >= 0.6 is 0 Å². The lowest BCUT2D eigenvalue weighted by atomic mass is 10.0. The largest absolute Gasteiger partial charge is 0.311 e.